The third kappa shape index (κ3) is 5.36. The number of ether oxygens (including phenoxy) is 1. The highest BCUT2D eigenvalue weighted by Gasteiger charge is 2.25. The monoisotopic (exact) mass is 493 g/mol. The van der Waals surface area contributed by atoms with Gasteiger partial charge in [0.15, 0.2) is 6.79 Å². The molecule has 176 valence electrons. The Hall–Kier alpha value is -2.92. The van der Waals surface area contributed by atoms with Crippen LogP contribution in [-0.2, 0) is 16.4 Å². The number of anilines is 2. The lowest BCUT2D eigenvalue weighted by Crippen LogP contribution is -2.38. The maximum absolute atomic E-state index is 12.2. The number of nitrogens with two attached hydrogens (primary N) is 1. The first-order valence-electron chi connectivity index (χ1n) is 10.2. The topological polar surface area (TPSA) is 148 Å². The number of hydrogen-bond donors (Lipinski definition) is 4. The molecule has 11 heteroatoms. The number of primary sulfonamides is 1. The van der Waals surface area contributed by atoms with Crippen LogP contribution >= 0.6 is 11.6 Å². The minimum atomic E-state index is -4.22. The van der Waals surface area contributed by atoms with Crippen LogP contribution in [-0.4, -0.2) is 26.9 Å². The number of hydrogen-bond acceptors (Lipinski definition) is 8. The van der Waals surface area contributed by atoms with Crippen molar-refractivity contribution < 1.29 is 18.3 Å². The molecule has 0 heterocycles. The number of nitrogens with one attached hydrogen (secondary N) is 2. The van der Waals surface area contributed by atoms with Crippen molar-refractivity contribution in [2.24, 2.45) is 5.14 Å². The number of aliphatic hydroxyl groups is 1. The highest BCUT2D eigenvalue weighted by atomic mass is 35.5. The minimum Gasteiger partial charge on any atom is -0.466 e. The largest absolute Gasteiger partial charge is 0.466 e. The van der Waals surface area contributed by atoms with Gasteiger partial charge in [0.25, 0.3) is 10.9 Å². The first-order chi connectivity index (χ1) is 15.7. The van der Waals surface area contributed by atoms with Crippen molar-refractivity contribution in [2.45, 2.75) is 30.7 Å². The third-order valence-electron chi connectivity index (χ3n) is 5.17. The summed E-state index contributed by atoms with van der Waals surface area (Å²) in [4.78, 5) is 23.9. The molecule has 3 aromatic rings. The molecule has 0 bridgehead atoms. The molecule has 3 rings (SSSR count). The fourth-order valence-corrected chi connectivity index (χ4v) is 4.82. The smallest absolute Gasteiger partial charge is 0.253 e. The maximum atomic E-state index is 12.2. The molecule has 33 heavy (non-hydrogen) atoms. The quantitative estimate of drug-likeness (QED) is 0.234. The summed E-state index contributed by atoms with van der Waals surface area (Å²) in [5.74, 6) is -0.159. The highest BCUT2D eigenvalue weighted by molar-refractivity contribution is 7.89. The van der Waals surface area contributed by atoms with Gasteiger partial charge in [-0.05, 0) is 30.0 Å². The van der Waals surface area contributed by atoms with E-state index in [-0.39, 0.29) is 41.2 Å². The van der Waals surface area contributed by atoms with Crippen LogP contribution in [0.25, 0.3) is 0 Å². The Kier molecular flexibility index (Phi) is 7.75. The van der Waals surface area contributed by atoms with Gasteiger partial charge in [-0.3, -0.25) is 9.59 Å². The van der Waals surface area contributed by atoms with Crippen LogP contribution in [0.3, 0.4) is 0 Å². The molecule has 0 aliphatic carbocycles. The van der Waals surface area contributed by atoms with Gasteiger partial charge in [-0.1, -0.05) is 54.9 Å². The van der Waals surface area contributed by atoms with Crippen molar-refractivity contribution >= 4 is 33.0 Å². The van der Waals surface area contributed by atoms with Gasteiger partial charge in [0.05, 0.1) is 11.1 Å². The second-order valence-corrected chi connectivity index (χ2v) is 9.19. The molecule has 0 aliphatic heterocycles. The fraction of sp³-hybridized carbons (Fsp3) is 0.273. The van der Waals surface area contributed by atoms with E-state index in [1.807, 2.05) is 37.3 Å². The van der Waals surface area contributed by atoms with E-state index in [1.54, 1.807) is 0 Å². The average Bonchev–Trinajstić information content (AvgIpc) is 2.79. The summed E-state index contributed by atoms with van der Waals surface area (Å²) in [6.07, 6.45) is 0.897. The number of rotatable bonds is 11. The summed E-state index contributed by atoms with van der Waals surface area (Å²) in [6, 6.07) is 12.3. The van der Waals surface area contributed by atoms with Crippen molar-refractivity contribution in [3.05, 3.63) is 79.1 Å². The van der Waals surface area contributed by atoms with E-state index in [0.717, 1.165) is 5.56 Å². The highest BCUT2D eigenvalue weighted by Crippen LogP contribution is 2.34. The average molecular weight is 494 g/mol. The van der Waals surface area contributed by atoms with Crippen LogP contribution in [0.5, 0.6) is 5.75 Å². The number of halogens is 1. The second-order valence-electron chi connectivity index (χ2n) is 7.28. The molecule has 0 aliphatic rings. The fourth-order valence-electron chi connectivity index (χ4n) is 3.57. The standard InChI is InChI=1S/C22H24ClN3O6S/c1-2-16(13-6-4-3-5-7-13)26-18-17(19(28)20(18)29)25-11-10-14-8-9-15(23)22(33(24,30)31)21(14)32-12-27/h3-9,16,25-27H,2,10-12H2,1H3,(H2,24,30,31). The summed E-state index contributed by atoms with van der Waals surface area (Å²) in [5, 5.41) is 20.3. The number of benzene rings is 2. The SMILES string of the molecule is CCC(Nc1c(NCCc2ccc(Cl)c(S(N)(=O)=O)c2OCO)c(=O)c1=O)c1ccccc1. The van der Waals surface area contributed by atoms with Gasteiger partial charge in [0.1, 0.15) is 22.0 Å². The van der Waals surface area contributed by atoms with Crippen molar-refractivity contribution in [1.82, 2.24) is 0 Å². The Balaban J connectivity index is 1.78. The maximum Gasteiger partial charge on any atom is 0.253 e. The molecule has 0 amide bonds. The lowest BCUT2D eigenvalue weighted by atomic mass is 10.0. The van der Waals surface area contributed by atoms with Gasteiger partial charge in [-0.15, -0.1) is 0 Å². The Morgan fingerprint density at radius 3 is 2.36 bits per heavy atom. The molecular formula is C22H24ClN3O6S. The lowest BCUT2D eigenvalue weighted by molar-refractivity contribution is 0.0947. The molecule has 9 nitrogen and oxygen atoms in total. The van der Waals surface area contributed by atoms with Gasteiger partial charge in [-0.25, -0.2) is 13.6 Å². The van der Waals surface area contributed by atoms with Crippen molar-refractivity contribution in [2.75, 3.05) is 24.0 Å². The first-order valence-corrected chi connectivity index (χ1v) is 12.1. The summed E-state index contributed by atoms with van der Waals surface area (Å²) < 4.78 is 28.9. The Labute approximate surface area is 195 Å². The molecule has 0 fully saturated rings. The molecule has 1 atom stereocenters. The van der Waals surface area contributed by atoms with E-state index in [4.69, 9.17) is 21.5 Å². The van der Waals surface area contributed by atoms with Gasteiger partial charge >= 0.3 is 0 Å². The van der Waals surface area contributed by atoms with Gasteiger partial charge < -0.3 is 20.5 Å². The van der Waals surface area contributed by atoms with E-state index in [1.165, 1.54) is 12.1 Å². The van der Waals surface area contributed by atoms with Crippen LogP contribution in [0.1, 0.15) is 30.5 Å². The summed E-state index contributed by atoms with van der Waals surface area (Å²) in [6.45, 7) is 1.36. The Morgan fingerprint density at radius 1 is 1.09 bits per heavy atom. The first kappa shape index (κ1) is 24.7. The zero-order chi connectivity index (χ0) is 24.2. The van der Waals surface area contributed by atoms with Gasteiger partial charge in [0, 0.05) is 6.54 Å². The van der Waals surface area contributed by atoms with Crippen LogP contribution in [0, 0.1) is 0 Å². The van der Waals surface area contributed by atoms with E-state index in [9.17, 15) is 23.1 Å². The minimum absolute atomic E-state index is 0.141. The second kappa shape index (κ2) is 10.3. The molecule has 0 saturated carbocycles. The van der Waals surface area contributed by atoms with Crippen LogP contribution < -0.4 is 31.4 Å². The molecule has 3 aromatic carbocycles. The van der Waals surface area contributed by atoms with Gasteiger partial charge in [0.2, 0.25) is 10.0 Å². The normalized spacial score (nSPS) is 12.5. The van der Waals surface area contributed by atoms with E-state index < -0.39 is 32.6 Å². The van der Waals surface area contributed by atoms with Crippen molar-refractivity contribution in [3.8, 4) is 5.75 Å². The van der Waals surface area contributed by atoms with Crippen LogP contribution in [0.4, 0.5) is 11.4 Å². The number of sulfonamides is 1. The van der Waals surface area contributed by atoms with E-state index >= 15 is 0 Å². The Morgan fingerprint density at radius 2 is 1.76 bits per heavy atom. The van der Waals surface area contributed by atoms with Crippen molar-refractivity contribution in [3.63, 3.8) is 0 Å². The molecule has 1 unspecified atom stereocenters. The molecular weight excluding hydrogens is 470 g/mol. The number of aliphatic hydroxyl groups excluding tert-OH is 1. The van der Waals surface area contributed by atoms with Gasteiger partial charge in [-0.2, -0.15) is 0 Å². The van der Waals surface area contributed by atoms with Crippen LogP contribution in [0.2, 0.25) is 5.02 Å². The lowest BCUT2D eigenvalue weighted by Gasteiger charge is -2.22. The Bertz CT molecular complexity index is 1300. The molecule has 0 spiro atoms. The zero-order valence-corrected chi connectivity index (χ0v) is 19.4. The summed E-state index contributed by atoms with van der Waals surface area (Å²) >= 11 is 5.97. The summed E-state index contributed by atoms with van der Waals surface area (Å²) in [5.41, 5.74) is 0.534. The molecule has 0 radical (unpaired) electrons. The third-order valence-corrected chi connectivity index (χ3v) is 6.58. The zero-order valence-electron chi connectivity index (χ0n) is 17.8. The van der Waals surface area contributed by atoms with E-state index in [0.29, 0.717) is 12.0 Å². The van der Waals surface area contributed by atoms with E-state index in [2.05, 4.69) is 10.6 Å². The predicted molar refractivity (Wildman–Crippen MR) is 127 cm³/mol. The summed E-state index contributed by atoms with van der Waals surface area (Å²) in [7, 11) is -4.22. The van der Waals surface area contributed by atoms with Crippen molar-refractivity contribution in [1.29, 1.82) is 0 Å². The molecule has 0 aromatic heterocycles. The predicted octanol–water partition coefficient (Wildman–Crippen LogP) is 2.13. The molecule has 5 N–H and O–H groups in total. The van der Waals surface area contributed by atoms with Crippen LogP contribution in [0.15, 0.2) is 56.9 Å². The molecule has 0 saturated heterocycles.